The van der Waals surface area contributed by atoms with E-state index in [0.717, 1.165) is 93.0 Å². The van der Waals surface area contributed by atoms with Gasteiger partial charge in [0.25, 0.3) is 0 Å². The van der Waals surface area contributed by atoms with E-state index in [2.05, 4.69) is 118 Å². The molecular formula is C48H73NO4Si. The van der Waals surface area contributed by atoms with Gasteiger partial charge in [0.05, 0.1) is 13.2 Å². The first-order valence-electron chi connectivity index (χ1n) is 21.3. The minimum Gasteiger partial charge on any atom is -0.493 e. The van der Waals surface area contributed by atoms with E-state index in [-0.39, 0.29) is 0 Å². The molecule has 0 spiro atoms. The predicted molar refractivity (Wildman–Crippen MR) is 236 cm³/mol. The lowest BCUT2D eigenvalue weighted by Crippen LogP contribution is -2.39. The van der Waals surface area contributed by atoms with Crippen molar-refractivity contribution < 1.29 is 18.3 Å². The Hall–Kier alpha value is -3.16. The van der Waals surface area contributed by atoms with Crippen LogP contribution in [-0.2, 0) is 15.4 Å². The summed E-state index contributed by atoms with van der Waals surface area (Å²) in [4.78, 5) is 0. The third-order valence-electron chi connectivity index (χ3n) is 9.87. The van der Waals surface area contributed by atoms with Gasteiger partial charge in [-0.25, -0.2) is 0 Å². The number of benzene rings is 3. The first-order chi connectivity index (χ1) is 26.4. The fraction of sp³-hybridized carbons (Fsp3) is 0.542. The molecular weight excluding hydrogens is 683 g/mol. The summed E-state index contributed by atoms with van der Waals surface area (Å²) in [6, 6.07) is 22.9. The van der Waals surface area contributed by atoms with Crippen molar-refractivity contribution in [2.75, 3.05) is 33.0 Å². The molecule has 3 aromatic rings. The van der Waals surface area contributed by atoms with Gasteiger partial charge in [0, 0.05) is 25.3 Å². The fourth-order valence-electron chi connectivity index (χ4n) is 6.62. The van der Waals surface area contributed by atoms with Crippen molar-refractivity contribution in [1.29, 1.82) is 0 Å². The van der Waals surface area contributed by atoms with E-state index in [9.17, 15) is 0 Å². The van der Waals surface area contributed by atoms with Gasteiger partial charge in [-0.2, -0.15) is 0 Å². The monoisotopic (exact) mass is 756 g/mol. The quantitative estimate of drug-likeness (QED) is 0.0417. The molecule has 0 aromatic heterocycles. The summed E-state index contributed by atoms with van der Waals surface area (Å²) in [6.07, 6.45) is 24.9. The van der Waals surface area contributed by atoms with Crippen LogP contribution in [0.25, 0.3) is 24.3 Å². The molecule has 0 saturated carbocycles. The van der Waals surface area contributed by atoms with Gasteiger partial charge in [0.2, 0.25) is 0 Å². The number of rotatable bonds is 30. The maximum atomic E-state index is 6.38. The molecule has 6 heteroatoms. The minimum atomic E-state index is -2.03. The third kappa shape index (κ3) is 18.4. The SMILES string of the molecule is CCCCCCCCOc1cc(/C=C/c2ccc(/C=C/c3ccc(CNCCC[Si](C)(OCC)OCC)cc3)cc2)c(OCCCCCCCC)cc1C. The molecule has 0 bridgehead atoms. The van der Waals surface area contributed by atoms with Crippen molar-refractivity contribution >= 4 is 32.9 Å². The van der Waals surface area contributed by atoms with E-state index in [1.165, 1.54) is 80.9 Å². The first kappa shape index (κ1) is 45.2. The van der Waals surface area contributed by atoms with Crippen molar-refractivity contribution in [2.45, 2.75) is 137 Å². The lowest BCUT2D eigenvalue weighted by molar-refractivity contribution is 0.188. The van der Waals surface area contributed by atoms with Crippen molar-refractivity contribution in [3.05, 3.63) is 94.0 Å². The molecule has 1 N–H and O–H groups in total. The Labute approximate surface area is 331 Å². The Balaban J connectivity index is 1.55. The molecule has 0 unspecified atom stereocenters. The predicted octanol–water partition coefficient (Wildman–Crippen LogP) is 13.4. The fourth-order valence-corrected chi connectivity index (χ4v) is 9.04. The summed E-state index contributed by atoms with van der Waals surface area (Å²) >= 11 is 0. The van der Waals surface area contributed by atoms with Crippen molar-refractivity contribution in [3.8, 4) is 11.5 Å². The Morgan fingerprint density at radius 2 is 1.04 bits per heavy atom. The first-order valence-corrected chi connectivity index (χ1v) is 23.9. The van der Waals surface area contributed by atoms with Crippen LogP contribution in [0.1, 0.15) is 145 Å². The van der Waals surface area contributed by atoms with Crippen LogP contribution >= 0.6 is 0 Å². The highest BCUT2D eigenvalue weighted by Crippen LogP contribution is 2.31. The molecule has 0 aliphatic rings. The topological polar surface area (TPSA) is 49.0 Å². The second kappa shape index (κ2) is 27.4. The van der Waals surface area contributed by atoms with E-state index in [4.69, 9.17) is 18.3 Å². The van der Waals surface area contributed by atoms with Crippen LogP contribution in [0.15, 0.2) is 60.7 Å². The van der Waals surface area contributed by atoms with Gasteiger partial charge in [-0.15, -0.1) is 0 Å². The zero-order chi connectivity index (χ0) is 38.7. The van der Waals surface area contributed by atoms with Gasteiger partial charge in [-0.3, -0.25) is 0 Å². The van der Waals surface area contributed by atoms with Crippen molar-refractivity contribution in [1.82, 2.24) is 5.32 Å². The standard InChI is InChI=1S/C48H73NO4Si/c1-7-11-13-15-17-19-35-50-47-39-46(48(38-41(47)5)51-36-20-18-16-14-12-8-2)33-32-44-26-24-42(25-27-44)22-23-43-28-30-45(31-29-43)40-49-34-21-37-54(6,52-9-3)53-10-4/h22-33,38-39,49H,7-21,34-37,40H2,1-6H3/b23-22+,33-32+. The van der Waals surface area contributed by atoms with Crippen LogP contribution in [0.4, 0.5) is 0 Å². The summed E-state index contributed by atoms with van der Waals surface area (Å²) in [5.41, 5.74) is 7.02. The zero-order valence-electron chi connectivity index (χ0n) is 34.9. The molecule has 0 atom stereocenters. The molecule has 3 aromatic carbocycles. The molecule has 298 valence electrons. The van der Waals surface area contributed by atoms with Crippen molar-refractivity contribution in [2.24, 2.45) is 0 Å². The summed E-state index contributed by atoms with van der Waals surface area (Å²) in [5.74, 6) is 1.90. The molecule has 0 saturated heterocycles. The van der Waals surface area contributed by atoms with E-state index in [1.54, 1.807) is 0 Å². The Morgan fingerprint density at radius 3 is 1.57 bits per heavy atom. The number of unbranched alkanes of at least 4 members (excludes halogenated alkanes) is 10. The van der Waals surface area contributed by atoms with Gasteiger partial charge in [0.1, 0.15) is 11.5 Å². The molecule has 0 aliphatic heterocycles. The molecule has 0 radical (unpaired) electrons. The van der Waals surface area contributed by atoms with Crippen molar-refractivity contribution in [3.63, 3.8) is 0 Å². The van der Waals surface area contributed by atoms with E-state index in [1.807, 2.05) is 13.8 Å². The largest absolute Gasteiger partial charge is 0.493 e. The molecule has 5 nitrogen and oxygen atoms in total. The summed E-state index contributed by atoms with van der Waals surface area (Å²) in [5, 5.41) is 3.58. The molecule has 54 heavy (non-hydrogen) atoms. The Bertz CT molecular complexity index is 1460. The van der Waals surface area contributed by atoms with Crippen LogP contribution in [0.5, 0.6) is 11.5 Å². The molecule has 0 heterocycles. The smallest absolute Gasteiger partial charge is 0.334 e. The Morgan fingerprint density at radius 1 is 0.556 bits per heavy atom. The highest BCUT2D eigenvalue weighted by Gasteiger charge is 2.29. The highest BCUT2D eigenvalue weighted by molar-refractivity contribution is 6.66. The van der Waals surface area contributed by atoms with Crippen LogP contribution in [0.3, 0.4) is 0 Å². The summed E-state index contributed by atoms with van der Waals surface area (Å²) in [6.45, 7) is 17.7. The maximum absolute atomic E-state index is 6.38. The average Bonchev–Trinajstić information content (AvgIpc) is 3.17. The second-order valence-corrected chi connectivity index (χ2v) is 18.1. The van der Waals surface area contributed by atoms with Crippen LogP contribution in [-0.4, -0.2) is 41.5 Å². The molecule has 0 amide bonds. The minimum absolute atomic E-state index is 0.723. The molecule has 0 aliphatic carbocycles. The van der Waals surface area contributed by atoms with Gasteiger partial charge in [-0.1, -0.05) is 151 Å². The van der Waals surface area contributed by atoms with Crippen LogP contribution in [0, 0.1) is 6.92 Å². The molecule has 0 fully saturated rings. The van der Waals surface area contributed by atoms with E-state index in [0.29, 0.717) is 0 Å². The zero-order valence-corrected chi connectivity index (χ0v) is 35.9. The second-order valence-electron chi connectivity index (χ2n) is 14.7. The van der Waals surface area contributed by atoms with E-state index < -0.39 is 8.56 Å². The van der Waals surface area contributed by atoms with Gasteiger partial charge in [-0.05, 0) is 99.1 Å². The van der Waals surface area contributed by atoms with Gasteiger partial charge >= 0.3 is 8.56 Å². The van der Waals surface area contributed by atoms with Crippen LogP contribution < -0.4 is 14.8 Å². The lowest BCUT2D eigenvalue weighted by atomic mass is 10.1. The number of nitrogens with one attached hydrogen (secondary N) is 1. The maximum Gasteiger partial charge on any atom is 0.334 e. The number of hydrogen-bond acceptors (Lipinski definition) is 5. The third-order valence-corrected chi connectivity index (χ3v) is 12.9. The van der Waals surface area contributed by atoms with Gasteiger partial charge in [0.15, 0.2) is 0 Å². The van der Waals surface area contributed by atoms with Gasteiger partial charge < -0.3 is 23.6 Å². The summed E-state index contributed by atoms with van der Waals surface area (Å²) < 4.78 is 24.6. The lowest BCUT2D eigenvalue weighted by Gasteiger charge is -2.25. The van der Waals surface area contributed by atoms with E-state index >= 15 is 0 Å². The number of aryl methyl sites for hydroxylation is 1. The Kier molecular flexibility index (Phi) is 23.0. The number of ether oxygens (including phenoxy) is 2. The van der Waals surface area contributed by atoms with Crippen LogP contribution in [0.2, 0.25) is 12.6 Å². The highest BCUT2D eigenvalue weighted by atomic mass is 28.4. The number of hydrogen-bond donors (Lipinski definition) is 1. The average molecular weight is 756 g/mol. The molecule has 3 rings (SSSR count). The summed E-state index contributed by atoms with van der Waals surface area (Å²) in [7, 11) is -2.03. The normalized spacial score (nSPS) is 12.0.